The lowest BCUT2D eigenvalue weighted by Gasteiger charge is -2.34. The van der Waals surface area contributed by atoms with Gasteiger partial charge in [-0.2, -0.15) is 5.10 Å². The number of carbonyl (C=O) groups is 1. The lowest BCUT2D eigenvalue weighted by Crippen LogP contribution is -2.45. The molecule has 5 rings (SSSR count). The van der Waals surface area contributed by atoms with Gasteiger partial charge in [-0.1, -0.05) is 23.2 Å². The summed E-state index contributed by atoms with van der Waals surface area (Å²) in [5.41, 5.74) is 4.71. The van der Waals surface area contributed by atoms with Crippen LogP contribution in [-0.2, 0) is 4.79 Å². The zero-order valence-electron chi connectivity index (χ0n) is 22.3. The Morgan fingerprint density at radius 1 is 1.00 bits per heavy atom. The summed E-state index contributed by atoms with van der Waals surface area (Å²) in [5, 5.41) is 8.69. The van der Waals surface area contributed by atoms with Crippen molar-refractivity contribution < 1.29 is 4.79 Å². The Kier molecular flexibility index (Phi) is 7.74. The summed E-state index contributed by atoms with van der Waals surface area (Å²) >= 11 is 13.0. The quantitative estimate of drug-likeness (QED) is 0.317. The summed E-state index contributed by atoms with van der Waals surface area (Å²) < 4.78 is 1.70. The second-order valence-corrected chi connectivity index (χ2v) is 10.7. The van der Waals surface area contributed by atoms with E-state index in [9.17, 15) is 4.79 Å². The fourth-order valence-corrected chi connectivity index (χ4v) is 5.01. The number of nitrogens with zero attached hydrogens (tertiary/aromatic N) is 7. The highest BCUT2D eigenvalue weighted by atomic mass is 35.5. The van der Waals surface area contributed by atoms with Crippen molar-refractivity contribution in [1.82, 2.24) is 24.6 Å². The van der Waals surface area contributed by atoms with E-state index in [0.29, 0.717) is 40.7 Å². The molecule has 1 amide bonds. The first-order valence-corrected chi connectivity index (χ1v) is 13.3. The Morgan fingerprint density at radius 2 is 1.77 bits per heavy atom. The molecule has 0 aliphatic carbocycles. The summed E-state index contributed by atoms with van der Waals surface area (Å²) in [4.78, 5) is 27.6. The number of nitrogens with one attached hydrogen (secondary N) is 1. The van der Waals surface area contributed by atoms with Crippen molar-refractivity contribution >= 4 is 52.1 Å². The molecule has 0 bridgehead atoms. The molecule has 0 radical (unpaired) electrons. The molecule has 2 aromatic carbocycles. The Balaban J connectivity index is 1.31. The molecule has 0 unspecified atom stereocenters. The Labute approximate surface area is 238 Å². The van der Waals surface area contributed by atoms with E-state index in [0.717, 1.165) is 34.7 Å². The third kappa shape index (κ3) is 5.85. The third-order valence-corrected chi connectivity index (χ3v) is 7.44. The van der Waals surface area contributed by atoms with Gasteiger partial charge in [-0.15, -0.1) is 0 Å². The Hall–Kier alpha value is -3.66. The molecule has 202 valence electrons. The van der Waals surface area contributed by atoms with Crippen LogP contribution in [-0.4, -0.2) is 71.3 Å². The molecule has 1 saturated heterocycles. The van der Waals surface area contributed by atoms with Gasteiger partial charge < -0.3 is 20.0 Å². The Bertz CT molecular complexity index is 1490. The second kappa shape index (κ2) is 11.2. The first-order chi connectivity index (χ1) is 18.7. The molecular weight excluding hydrogens is 535 g/mol. The monoisotopic (exact) mass is 564 g/mol. The summed E-state index contributed by atoms with van der Waals surface area (Å²) in [6, 6.07) is 13.8. The van der Waals surface area contributed by atoms with E-state index >= 15 is 0 Å². The number of amides is 1. The fraction of sp³-hybridized carbons (Fsp3) is 0.286. The molecule has 2 aromatic heterocycles. The number of anilines is 4. The van der Waals surface area contributed by atoms with E-state index in [4.69, 9.17) is 23.2 Å². The standard InChI is InChI=1S/C28H30Cl2N8O/c1-35(2)21-9-10-25(23(29)13-21)38-17-18(15-32-38)27-24(30)16-31-28(34-27)33-19-5-7-20(8-6-19)37-12-11-22(36(3)4)14-26(37)39/h5-10,13,15-17,22H,11-12,14H2,1-4H3,(H,31,33,34)/t22-/m0/s1. The lowest BCUT2D eigenvalue weighted by atomic mass is 10.0. The van der Waals surface area contributed by atoms with Crippen LogP contribution in [0.15, 0.2) is 61.1 Å². The highest BCUT2D eigenvalue weighted by Crippen LogP contribution is 2.31. The van der Waals surface area contributed by atoms with E-state index in [-0.39, 0.29) is 5.91 Å². The van der Waals surface area contributed by atoms with Crippen molar-refractivity contribution in [3.8, 4) is 16.9 Å². The number of hydrogen-bond donors (Lipinski definition) is 1. The zero-order chi connectivity index (χ0) is 27.7. The maximum absolute atomic E-state index is 12.7. The van der Waals surface area contributed by atoms with Gasteiger partial charge in [0.15, 0.2) is 0 Å². The first kappa shape index (κ1) is 26.9. The molecule has 1 atom stereocenters. The van der Waals surface area contributed by atoms with Gasteiger partial charge in [0.1, 0.15) is 0 Å². The number of rotatable bonds is 7. The van der Waals surface area contributed by atoms with Crippen molar-refractivity contribution in [2.45, 2.75) is 18.9 Å². The minimum Gasteiger partial charge on any atom is -0.378 e. The molecule has 39 heavy (non-hydrogen) atoms. The summed E-state index contributed by atoms with van der Waals surface area (Å²) in [7, 11) is 7.96. The van der Waals surface area contributed by atoms with Crippen LogP contribution in [0.3, 0.4) is 0 Å². The van der Waals surface area contributed by atoms with Crippen LogP contribution in [0.5, 0.6) is 0 Å². The van der Waals surface area contributed by atoms with E-state index in [1.807, 2.05) is 86.7 Å². The van der Waals surface area contributed by atoms with Crippen LogP contribution in [0.4, 0.5) is 23.0 Å². The largest absolute Gasteiger partial charge is 0.378 e. The fourth-order valence-electron chi connectivity index (χ4n) is 4.55. The van der Waals surface area contributed by atoms with E-state index in [1.54, 1.807) is 17.1 Å². The summed E-state index contributed by atoms with van der Waals surface area (Å²) in [6.07, 6.45) is 6.56. The number of halogens is 2. The van der Waals surface area contributed by atoms with Gasteiger partial charge in [0.05, 0.1) is 33.8 Å². The lowest BCUT2D eigenvalue weighted by molar-refractivity contribution is -0.120. The molecule has 0 spiro atoms. The number of piperidine rings is 1. The average molecular weight is 566 g/mol. The van der Waals surface area contributed by atoms with Crippen molar-refractivity contribution in [1.29, 1.82) is 0 Å². The van der Waals surface area contributed by atoms with Crippen LogP contribution in [0.25, 0.3) is 16.9 Å². The van der Waals surface area contributed by atoms with E-state index < -0.39 is 0 Å². The van der Waals surface area contributed by atoms with Gasteiger partial charge in [-0.05, 0) is 63.0 Å². The van der Waals surface area contributed by atoms with Crippen LogP contribution in [0.1, 0.15) is 12.8 Å². The molecule has 1 aliphatic heterocycles. The molecule has 3 heterocycles. The minimum atomic E-state index is 0.141. The van der Waals surface area contributed by atoms with Gasteiger partial charge in [-0.25, -0.2) is 14.6 Å². The first-order valence-electron chi connectivity index (χ1n) is 12.6. The van der Waals surface area contributed by atoms with Crippen molar-refractivity contribution in [2.24, 2.45) is 0 Å². The highest BCUT2D eigenvalue weighted by molar-refractivity contribution is 6.33. The van der Waals surface area contributed by atoms with Crippen molar-refractivity contribution in [3.63, 3.8) is 0 Å². The third-order valence-electron chi connectivity index (χ3n) is 6.86. The normalized spacial score (nSPS) is 15.6. The summed E-state index contributed by atoms with van der Waals surface area (Å²) in [6.45, 7) is 0.705. The second-order valence-electron chi connectivity index (χ2n) is 9.92. The number of aromatic nitrogens is 4. The SMILES string of the molecule is CN(C)c1ccc(-n2cc(-c3nc(Nc4ccc(N5CC[C@H](N(C)C)CC5=O)cc4)ncc3Cl)cn2)c(Cl)c1. The van der Waals surface area contributed by atoms with Crippen molar-refractivity contribution in [2.75, 3.05) is 49.9 Å². The summed E-state index contributed by atoms with van der Waals surface area (Å²) in [5.74, 6) is 0.535. The zero-order valence-corrected chi connectivity index (χ0v) is 23.8. The predicted molar refractivity (Wildman–Crippen MR) is 158 cm³/mol. The molecule has 11 heteroatoms. The van der Waals surface area contributed by atoms with Crippen LogP contribution >= 0.6 is 23.2 Å². The van der Waals surface area contributed by atoms with Crippen molar-refractivity contribution in [3.05, 3.63) is 71.1 Å². The van der Waals surface area contributed by atoms with Gasteiger partial charge in [0.2, 0.25) is 11.9 Å². The van der Waals surface area contributed by atoms with Gasteiger partial charge in [0.25, 0.3) is 0 Å². The minimum absolute atomic E-state index is 0.141. The number of benzene rings is 2. The molecule has 1 fully saturated rings. The van der Waals surface area contributed by atoms with Gasteiger partial charge in [0, 0.05) is 61.9 Å². The molecule has 1 N–H and O–H groups in total. The molecular formula is C28H30Cl2N8O. The number of hydrogen-bond acceptors (Lipinski definition) is 7. The van der Waals surface area contributed by atoms with Gasteiger partial charge >= 0.3 is 0 Å². The van der Waals surface area contributed by atoms with Gasteiger partial charge in [-0.3, -0.25) is 4.79 Å². The van der Waals surface area contributed by atoms with E-state index in [1.165, 1.54) is 0 Å². The molecule has 0 saturated carbocycles. The van der Waals surface area contributed by atoms with Crippen LogP contribution in [0, 0.1) is 0 Å². The topological polar surface area (TPSA) is 82.4 Å². The van der Waals surface area contributed by atoms with E-state index in [2.05, 4.69) is 25.3 Å². The van der Waals surface area contributed by atoms with Crippen LogP contribution < -0.4 is 15.1 Å². The van der Waals surface area contributed by atoms with Crippen LogP contribution in [0.2, 0.25) is 10.0 Å². The smallest absolute Gasteiger partial charge is 0.228 e. The Morgan fingerprint density at radius 3 is 2.44 bits per heavy atom. The molecule has 1 aliphatic rings. The highest BCUT2D eigenvalue weighted by Gasteiger charge is 2.27. The average Bonchev–Trinajstić information content (AvgIpc) is 3.40. The predicted octanol–water partition coefficient (Wildman–Crippen LogP) is 5.50. The molecule has 9 nitrogen and oxygen atoms in total. The maximum Gasteiger partial charge on any atom is 0.228 e. The molecule has 4 aromatic rings. The maximum atomic E-state index is 12.7. The number of carbonyl (C=O) groups excluding carboxylic acids is 1.